The maximum absolute atomic E-state index is 12.2. The van der Waals surface area contributed by atoms with Gasteiger partial charge in [-0.05, 0) is 31.0 Å². The van der Waals surface area contributed by atoms with E-state index in [0.29, 0.717) is 6.54 Å². The summed E-state index contributed by atoms with van der Waals surface area (Å²) >= 11 is 0. The van der Waals surface area contributed by atoms with Crippen molar-refractivity contribution >= 4 is 22.6 Å². The Kier molecular flexibility index (Phi) is 4.39. The Bertz CT molecular complexity index is 848. The lowest BCUT2D eigenvalue weighted by Gasteiger charge is -2.13. The number of anilines is 1. The number of hydrogen-bond donors (Lipinski definition) is 3. The number of aromatic nitrogens is 1. The van der Waals surface area contributed by atoms with Crippen molar-refractivity contribution in [2.45, 2.75) is 18.9 Å². The van der Waals surface area contributed by atoms with E-state index in [9.17, 15) is 4.79 Å². The van der Waals surface area contributed by atoms with Crippen molar-refractivity contribution in [3.8, 4) is 11.3 Å². The number of hydrogen-bond acceptors (Lipinski definition) is 2. The smallest absolute Gasteiger partial charge is 0.319 e. The summed E-state index contributed by atoms with van der Waals surface area (Å²) in [4.78, 5) is 15.6. The van der Waals surface area contributed by atoms with Crippen LogP contribution in [0.15, 0.2) is 54.6 Å². The zero-order valence-electron chi connectivity index (χ0n) is 13.9. The first-order chi connectivity index (χ1) is 12.3. The largest absolute Gasteiger partial charge is 0.376 e. The molecule has 0 radical (unpaired) electrons. The molecule has 1 aliphatic heterocycles. The Hall–Kier alpha value is -2.79. The van der Waals surface area contributed by atoms with Gasteiger partial charge >= 0.3 is 6.03 Å². The highest BCUT2D eigenvalue weighted by Crippen LogP contribution is 2.29. The van der Waals surface area contributed by atoms with Gasteiger partial charge in [-0.2, -0.15) is 0 Å². The number of carbonyl (C=O) groups excluding carboxylic acids is 1. The lowest BCUT2D eigenvalue weighted by Crippen LogP contribution is -2.35. The maximum Gasteiger partial charge on any atom is 0.319 e. The highest BCUT2D eigenvalue weighted by Gasteiger charge is 2.16. The molecule has 5 heteroatoms. The molecule has 25 heavy (non-hydrogen) atoms. The summed E-state index contributed by atoms with van der Waals surface area (Å²) in [6.07, 6.45) is 2.21. The van der Waals surface area contributed by atoms with Crippen molar-refractivity contribution in [1.29, 1.82) is 0 Å². The number of urea groups is 1. The number of benzene rings is 2. The Morgan fingerprint density at radius 2 is 2.00 bits per heavy atom. The highest BCUT2D eigenvalue weighted by molar-refractivity contribution is 5.96. The summed E-state index contributed by atoms with van der Waals surface area (Å²) in [7, 11) is 0. The molecule has 2 amide bonds. The van der Waals surface area contributed by atoms with Gasteiger partial charge in [-0.15, -0.1) is 0 Å². The van der Waals surface area contributed by atoms with Crippen LogP contribution in [0.1, 0.15) is 12.8 Å². The van der Waals surface area contributed by atoms with Gasteiger partial charge in [0.1, 0.15) is 0 Å². The number of rotatable bonds is 4. The minimum Gasteiger partial charge on any atom is -0.376 e. The fraction of sp³-hybridized carbons (Fsp3) is 0.250. The number of H-pyrrole nitrogens is 1. The Labute approximate surface area is 146 Å². The van der Waals surface area contributed by atoms with E-state index < -0.39 is 0 Å². The van der Waals surface area contributed by atoms with Gasteiger partial charge in [0.05, 0.1) is 11.8 Å². The van der Waals surface area contributed by atoms with E-state index in [1.54, 1.807) is 0 Å². The van der Waals surface area contributed by atoms with Gasteiger partial charge in [-0.25, -0.2) is 4.79 Å². The third kappa shape index (κ3) is 3.51. The molecule has 3 aromatic rings. The number of carbonyl (C=O) groups is 1. The fourth-order valence-electron chi connectivity index (χ4n) is 3.22. The topological polar surface area (TPSA) is 66.2 Å². The molecule has 2 heterocycles. The van der Waals surface area contributed by atoms with Gasteiger partial charge in [0.2, 0.25) is 0 Å². The molecule has 0 aliphatic carbocycles. The molecule has 0 spiro atoms. The van der Waals surface area contributed by atoms with E-state index in [1.165, 1.54) is 0 Å². The Morgan fingerprint density at radius 3 is 2.84 bits per heavy atom. The second kappa shape index (κ2) is 6.99. The summed E-state index contributed by atoms with van der Waals surface area (Å²) in [6.45, 7) is 1.33. The van der Waals surface area contributed by atoms with Gasteiger partial charge < -0.3 is 20.4 Å². The summed E-state index contributed by atoms with van der Waals surface area (Å²) < 4.78 is 5.53. The normalized spacial score (nSPS) is 16.9. The summed E-state index contributed by atoms with van der Waals surface area (Å²) in [5, 5.41) is 6.99. The van der Waals surface area contributed by atoms with Crippen LogP contribution >= 0.6 is 0 Å². The molecule has 0 bridgehead atoms. The van der Waals surface area contributed by atoms with E-state index >= 15 is 0 Å². The lowest BCUT2D eigenvalue weighted by molar-refractivity contribution is 0.112. The molecule has 3 N–H and O–H groups in total. The molecule has 1 atom stereocenters. The third-order valence-electron chi connectivity index (χ3n) is 4.51. The maximum atomic E-state index is 12.2. The predicted octanol–water partition coefficient (Wildman–Crippen LogP) is 4.14. The molecule has 0 unspecified atom stereocenters. The van der Waals surface area contributed by atoms with Crippen LogP contribution in [-0.4, -0.2) is 30.3 Å². The van der Waals surface area contributed by atoms with Crippen molar-refractivity contribution in [3.05, 3.63) is 54.6 Å². The number of nitrogens with one attached hydrogen (secondary N) is 3. The van der Waals surface area contributed by atoms with Crippen LogP contribution in [0.3, 0.4) is 0 Å². The van der Waals surface area contributed by atoms with E-state index in [1.807, 2.05) is 42.5 Å². The molecular formula is C20H21N3O2. The van der Waals surface area contributed by atoms with Crippen LogP contribution in [-0.2, 0) is 4.74 Å². The average Bonchev–Trinajstić information content (AvgIpc) is 3.30. The molecule has 0 saturated carbocycles. The first-order valence-electron chi connectivity index (χ1n) is 8.63. The minimum atomic E-state index is -0.209. The van der Waals surface area contributed by atoms with Crippen LogP contribution in [0.2, 0.25) is 0 Å². The average molecular weight is 335 g/mol. The Balaban J connectivity index is 1.51. The standard InChI is InChI=1S/C20H21N3O2/c24-20(21-13-15-7-5-11-25-15)23-18-10-4-2-8-16(18)19-12-14-6-1-3-9-17(14)22-19/h1-4,6,8-10,12,15,22H,5,7,11,13H2,(H2,21,23,24)/t15-/m0/s1. The summed E-state index contributed by atoms with van der Waals surface area (Å²) in [5.41, 5.74) is 3.80. The third-order valence-corrected chi connectivity index (χ3v) is 4.51. The van der Waals surface area contributed by atoms with Crippen LogP contribution in [0.5, 0.6) is 0 Å². The zero-order chi connectivity index (χ0) is 17.1. The van der Waals surface area contributed by atoms with Crippen LogP contribution in [0.4, 0.5) is 10.5 Å². The van der Waals surface area contributed by atoms with E-state index in [4.69, 9.17) is 4.74 Å². The van der Waals surface area contributed by atoms with E-state index in [-0.39, 0.29) is 12.1 Å². The highest BCUT2D eigenvalue weighted by atomic mass is 16.5. The van der Waals surface area contributed by atoms with Crippen LogP contribution in [0, 0.1) is 0 Å². The molecule has 1 saturated heterocycles. The molecule has 1 aliphatic rings. The first-order valence-corrected chi connectivity index (χ1v) is 8.63. The van der Waals surface area contributed by atoms with Crippen molar-refractivity contribution in [3.63, 3.8) is 0 Å². The second-order valence-corrected chi connectivity index (χ2v) is 6.29. The molecule has 4 rings (SSSR count). The summed E-state index contributed by atoms with van der Waals surface area (Å²) in [5.74, 6) is 0. The molecule has 1 aromatic heterocycles. The van der Waals surface area contributed by atoms with Crippen LogP contribution < -0.4 is 10.6 Å². The molecule has 5 nitrogen and oxygen atoms in total. The van der Waals surface area contributed by atoms with Gasteiger partial charge in [-0.3, -0.25) is 0 Å². The quantitative estimate of drug-likeness (QED) is 0.671. The Morgan fingerprint density at radius 1 is 1.16 bits per heavy atom. The predicted molar refractivity (Wildman–Crippen MR) is 99.7 cm³/mol. The number of amides is 2. The van der Waals surface area contributed by atoms with Crippen molar-refractivity contribution in [2.24, 2.45) is 0 Å². The molecule has 2 aromatic carbocycles. The first kappa shape index (κ1) is 15.7. The van der Waals surface area contributed by atoms with Crippen molar-refractivity contribution < 1.29 is 9.53 Å². The molecule has 1 fully saturated rings. The van der Waals surface area contributed by atoms with E-state index in [2.05, 4.69) is 27.8 Å². The SMILES string of the molecule is O=C(NC[C@@H]1CCCO1)Nc1ccccc1-c1cc2ccccc2[nH]1. The van der Waals surface area contributed by atoms with Crippen LogP contribution in [0.25, 0.3) is 22.2 Å². The monoisotopic (exact) mass is 335 g/mol. The zero-order valence-corrected chi connectivity index (χ0v) is 13.9. The second-order valence-electron chi connectivity index (χ2n) is 6.29. The van der Waals surface area contributed by atoms with Gasteiger partial charge in [0.25, 0.3) is 0 Å². The minimum absolute atomic E-state index is 0.134. The van der Waals surface area contributed by atoms with Crippen molar-refractivity contribution in [2.75, 3.05) is 18.5 Å². The fourth-order valence-corrected chi connectivity index (χ4v) is 3.22. The number of fused-ring (bicyclic) bond motifs is 1. The van der Waals surface area contributed by atoms with Gasteiger partial charge in [0, 0.05) is 35.3 Å². The molecule has 128 valence electrons. The van der Waals surface area contributed by atoms with E-state index in [0.717, 1.165) is 47.3 Å². The van der Waals surface area contributed by atoms with Crippen molar-refractivity contribution in [1.82, 2.24) is 10.3 Å². The number of para-hydroxylation sites is 2. The van der Waals surface area contributed by atoms with Gasteiger partial charge in [0.15, 0.2) is 0 Å². The summed E-state index contributed by atoms with van der Waals surface area (Å²) in [6, 6.07) is 17.8. The van der Waals surface area contributed by atoms with Gasteiger partial charge in [-0.1, -0.05) is 36.4 Å². The number of aromatic amines is 1. The number of ether oxygens (including phenoxy) is 1. The molecular weight excluding hydrogens is 314 g/mol. The lowest BCUT2D eigenvalue weighted by atomic mass is 10.1.